The van der Waals surface area contributed by atoms with Crippen LogP contribution in [-0.4, -0.2) is 23.3 Å². The van der Waals surface area contributed by atoms with Gasteiger partial charge in [-0.1, -0.05) is 6.07 Å². The van der Waals surface area contributed by atoms with Gasteiger partial charge in [-0.3, -0.25) is 0 Å². The lowest BCUT2D eigenvalue weighted by atomic mass is 10.2. The standard InChI is InChI=1S/C18H14F2N2O4/c1-10(25-18(23)15-13(19)4-3-5-14(15)20)16-21-22-17(26-16)11-6-8-12(24-2)9-7-11/h3-10H,1-2H3. The number of carbonyl (C=O) groups excluding carboxylic acids is 1. The van der Waals surface area contributed by atoms with E-state index >= 15 is 0 Å². The molecule has 6 nitrogen and oxygen atoms in total. The highest BCUT2D eigenvalue weighted by Gasteiger charge is 2.24. The smallest absolute Gasteiger partial charge is 0.344 e. The monoisotopic (exact) mass is 360 g/mol. The minimum Gasteiger partial charge on any atom is -0.497 e. The summed E-state index contributed by atoms with van der Waals surface area (Å²) >= 11 is 0. The Balaban J connectivity index is 1.75. The molecule has 0 bridgehead atoms. The summed E-state index contributed by atoms with van der Waals surface area (Å²) in [5.41, 5.74) is -0.127. The van der Waals surface area contributed by atoms with Gasteiger partial charge in [-0.25, -0.2) is 13.6 Å². The van der Waals surface area contributed by atoms with Crippen LogP contribution in [0.5, 0.6) is 5.75 Å². The van der Waals surface area contributed by atoms with Gasteiger partial charge in [0.05, 0.1) is 7.11 Å². The lowest BCUT2D eigenvalue weighted by molar-refractivity contribution is 0.0269. The molecule has 0 aliphatic carbocycles. The summed E-state index contributed by atoms with van der Waals surface area (Å²) in [5.74, 6) is -2.29. The van der Waals surface area contributed by atoms with Crippen LogP contribution >= 0.6 is 0 Å². The first-order valence-electron chi connectivity index (χ1n) is 7.62. The van der Waals surface area contributed by atoms with Gasteiger partial charge in [0.25, 0.3) is 5.89 Å². The van der Waals surface area contributed by atoms with E-state index in [2.05, 4.69) is 10.2 Å². The van der Waals surface area contributed by atoms with E-state index in [-0.39, 0.29) is 11.8 Å². The third-order valence-electron chi connectivity index (χ3n) is 3.58. The van der Waals surface area contributed by atoms with Crippen molar-refractivity contribution in [2.45, 2.75) is 13.0 Å². The third-order valence-corrected chi connectivity index (χ3v) is 3.58. The van der Waals surface area contributed by atoms with Crippen molar-refractivity contribution < 1.29 is 27.5 Å². The van der Waals surface area contributed by atoms with Crippen LogP contribution < -0.4 is 4.74 Å². The van der Waals surface area contributed by atoms with Crippen molar-refractivity contribution in [2.75, 3.05) is 7.11 Å². The molecule has 0 saturated heterocycles. The molecule has 1 aromatic heterocycles. The number of benzene rings is 2. The number of ether oxygens (including phenoxy) is 2. The first kappa shape index (κ1) is 17.5. The van der Waals surface area contributed by atoms with E-state index in [0.29, 0.717) is 11.3 Å². The van der Waals surface area contributed by atoms with Gasteiger partial charge in [0.1, 0.15) is 22.9 Å². The van der Waals surface area contributed by atoms with Crippen molar-refractivity contribution in [3.05, 3.63) is 65.6 Å². The number of esters is 1. The predicted molar refractivity (Wildman–Crippen MR) is 86.5 cm³/mol. The fraction of sp³-hybridized carbons (Fsp3) is 0.167. The highest BCUT2D eigenvalue weighted by atomic mass is 19.1. The molecule has 0 N–H and O–H groups in total. The predicted octanol–water partition coefficient (Wildman–Crippen LogP) is 3.94. The van der Waals surface area contributed by atoms with Crippen LogP contribution in [0.3, 0.4) is 0 Å². The molecule has 1 unspecified atom stereocenters. The van der Waals surface area contributed by atoms with Crippen LogP contribution in [-0.2, 0) is 4.74 Å². The maximum atomic E-state index is 13.6. The largest absolute Gasteiger partial charge is 0.497 e. The molecule has 1 atom stereocenters. The van der Waals surface area contributed by atoms with Gasteiger partial charge in [-0.05, 0) is 43.3 Å². The quantitative estimate of drug-likeness (QED) is 0.642. The van der Waals surface area contributed by atoms with Crippen molar-refractivity contribution in [2.24, 2.45) is 0 Å². The minimum absolute atomic E-state index is 0.000848. The normalized spacial score (nSPS) is 11.8. The molecule has 0 radical (unpaired) electrons. The van der Waals surface area contributed by atoms with Crippen LogP contribution in [0.1, 0.15) is 29.3 Å². The van der Waals surface area contributed by atoms with Crippen molar-refractivity contribution in [3.8, 4) is 17.2 Å². The van der Waals surface area contributed by atoms with Crippen LogP contribution in [0.2, 0.25) is 0 Å². The molecule has 0 saturated carbocycles. The number of nitrogens with zero attached hydrogens (tertiary/aromatic N) is 2. The Morgan fingerprint density at radius 1 is 1.08 bits per heavy atom. The van der Waals surface area contributed by atoms with E-state index in [0.717, 1.165) is 18.2 Å². The molecule has 0 amide bonds. The Morgan fingerprint density at radius 2 is 1.73 bits per heavy atom. The third kappa shape index (κ3) is 3.53. The average molecular weight is 360 g/mol. The lowest BCUT2D eigenvalue weighted by Gasteiger charge is -2.10. The molecule has 0 aliphatic rings. The summed E-state index contributed by atoms with van der Waals surface area (Å²) in [6.45, 7) is 1.46. The van der Waals surface area contributed by atoms with E-state index in [1.54, 1.807) is 31.4 Å². The Bertz CT molecular complexity index is 905. The summed E-state index contributed by atoms with van der Waals surface area (Å²) < 4.78 is 42.9. The molecule has 1 heterocycles. The summed E-state index contributed by atoms with van der Waals surface area (Å²) in [6, 6.07) is 10.00. The van der Waals surface area contributed by atoms with E-state index in [1.165, 1.54) is 6.92 Å². The van der Waals surface area contributed by atoms with Gasteiger partial charge in [-0.15, -0.1) is 10.2 Å². The van der Waals surface area contributed by atoms with Gasteiger partial charge in [0.2, 0.25) is 5.89 Å². The summed E-state index contributed by atoms with van der Waals surface area (Å²) in [4.78, 5) is 12.0. The van der Waals surface area contributed by atoms with Crippen LogP contribution in [0, 0.1) is 11.6 Å². The Labute approximate surface area is 147 Å². The Morgan fingerprint density at radius 3 is 2.35 bits per heavy atom. The Kier molecular flexibility index (Phi) is 4.92. The van der Waals surface area contributed by atoms with E-state index in [4.69, 9.17) is 13.9 Å². The zero-order valence-electron chi connectivity index (χ0n) is 13.9. The number of carbonyl (C=O) groups is 1. The van der Waals surface area contributed by atoms with Crippen LogP contribution in [0.4, 0.5) is 8.78 Å². The van der Waals surface area contributed by atoms with Crippen molar-refractivity contribution in [1.29, 1.82) is 0 Å². The highest BCUT2D eigenvalue weighted by molar-refractivity contribution is 5.90. The second-order valence-corrected chi connectivity index (χ2v) is 5.32. The molecule has 8 heteroatoms. The van der Waals surface area contributed by atoms with Crippen molar-refractivity contribution in [3.63, 3.8) is 0 Å². The van der Waals surface area contributed by atoms with Crippen molar-refractivity contribution in [1.82, 2.24) is 10.2 Å². The summed E-state index contributed by atoms with van der Waals surface area (Å²) in [7, 11) is 1.55. The molecular formula is C18H14F2N2O4. The van der Waals surface area contributed by atoms with Gasteiger partial charge >= 0.3 is 5.97 Å². The van der Waals surface area contributed by atoms with E-state index in [1.807, 2.05) is 0 Å². The molecule has 3 rings (SSSR count). The maximum Gasteiger partial charge on any atom is 0.344 e. The highest BCUT2D eigenvalue weighted by Crippen LogP contribution is 2.25. The minimum atomic E-state index is -1.16. The Hall–Kier alpha value is -3.29. The second-order valence-electron chi connectivity index (χ2n) is 5.32. The molecule has 0 spiro atoms. The van der Waals surface area contributed by atoms with E-state index in [9.17, 15) is 13.6 Å². The molecule has 2 aromatic carbocycles. The van der Waals surface area contributed by atoms with Gasteiger partial charge in [0, 0.05) is 5.56 Å². The molecule has 0 aliphatic heterocycles. The second kappa shape index (κ2) is 7.30. The van der Waals surface area contributed by atoms with Crippen molar-refractivity contribution >= 4 is 5.97 Å². The van der Waals surface area contributed by atoms with Gasteiger partial charge < -0.3 is 13.9 Å². The number of rotatable bonds is 5. The molecule has 0 fully saturated rings. The first-order valence-corrected chi connectivity index (χ1v) is 7.62. The summed E-state index contributed by atoms with van der Waals surface area (Å²) in [6.07, 6.45) is -0.985. The van der Waals surface area contributed by atoms with Gasteiger partial charge in [0.15, 0.2) is 6.10 Å². The molecule has 3 aromatic rings. The lowest BCUT2D eigenvalue weighted by Crippen LogP contribution is -2.13. The van der Waals surface area contributed by atoms with Crippen LogP contribution in [0.15, 0.2) is 46.9 Å². The summed E-state index contributed by atoms with van der Waals surface area (Å²) in [5, 5.41) is 7.70. The number of hydrogen-bond acceptors (Lipinski definition) is 6. The fourth-order valence-corrected chi connectivity index (χ4v) is 2.21. The number of methoxy groups -OCH3 is 1. The zero-order chi connectivity index (χ0) is 18.7. The number of aromatic nitrogens is 2. The first-order chi connectivity index (χ1) is 12.5. The van der Waals surface area contributed by atoms with E-state index < -0.39 is 29.3 Å². The molecule has 134 valence electrons. The number of hydrogen-bond donors (Lipinski definition) is 0. The SMILES string of the molecule is COc1ccc(-c2nnc(C(C)OC(=O)c3c(F)cccc3F)o2)cc1. The maximum absolute atomic E-state index is 13.6. The molecule has 26 heavy (non-hydrogen) atoms. The number of halogens is 2. The zero-order valence-corrected chi connectivity index (χ0v) is 13.9. The molecular weight excluding hydrogens is 346 g/mol. The topological polar surface area (TPSA) is 74.5 Å². The fourth-order valence-electron chi connectivity index (χ4n) is 2.21. The average Bonchev–Trinajstić information content (AvgIpc) is 3.12. The van der Waals surface area contributed by atoms with Gasteiger partial charge in [-0.2, -0.15) is 0 Å². The van der Waals surface area contributed by atoms with Crippen LogP contribution in [0.25, 0.3) is 11.5 Å².